The number of amides is 1. The summed E-state index contributed by atoms with van der Waals surface area (Å²) < 4.78 is 7.34. The molecule has 1 aliphatic heterocycles. The molecule has 6 nitrogen and oxygen atoms in total. The first-order valence-electron chi connectivity index (χ1n) is 10.1. The molecule has 3 heterocycles. The summed E-state index contributed by atoms with van der Waals surface area (Å²) in [7, 11) is 1.86. The third-order valence-corrected chi connectivity index (χ3v) is 6.19. The van der Waals surface area contributed by atoms with Gasteiger partial charge in [0, 0.05) is 38.3 Å². The number of imidazole rings is 1. The van der Waals surface area contributed by atoms with E-state index in [1.807, 2.05) is 17.6 Å². The van der Waals surface area contributed by atoms with E-state index in [4.69, 9.17) is 9.72 Å². The number of carbonyl (C=O) groups excluding carboxylic acids is 1. The summed E-state index contributed by atoms with van der Waals surface area (Å²) >= 11 is 1.45. The molecule has 29 heavy (non-hydrogen) atoms. The van der Waals surface area contributed by atoms with Gasteiger partial charge >= 0.3 is 0 Å². The fourth-order valence-electron chi connectivity index (χ4n) is 3.80. The topological polar surface area (TPSA) is 58.9 Å². The zero-order valence-electron chi connectivity index (χ0n) is 17.9. The number of ether oxygens (including phenoxy) is 1. The molecule has 1 aromatic carbocycles. The monoisotopic (exact) mass is 414 g/mol. The van der Waals surface area contributed by atoms with Gasteiger partial charge in [-0.05, 0) is 23.1 Å². The Morgan fingerprint density at radius 3 is 2.79 bits per heavy atom. The fourth-order valence-corrected chi connectivity index (χ4v) is 4.79. The summed E-state index contributed by atoms with van der Waals surface area (Å²) in [4.78, 5) is 20.9. The molecule has 7 heteroatoms. The second-order valence-corrected chi connectivity index (χ2v) is 10.8. The molecule has 4 rings (SSSR count). The minimum atomic E-state index is 0.0536. The van der Waals surface area contributed by atoms with Crippen LogP contribution in [0.1, 0.15) is 42.9 Å². The molecule has 1 N–H and O–H groups in total. The lowest BCUT2D eigenvalue weighted by Crippen LogP contribution is -2.47. The van der Waals surface area contributed by atoms with Crippen LogP contribution in [-0.2, 0) is 11.3 Å². The predicted molar refractivity (Wildman–Crippen MR) is 118 cm³/mol. The molecule has 0 spiro atoms. The zero-order valence-corrected chi connectivity index (χ0v) is 18.7. The van der Waals surface area contributed by atoms with Crippen molar-refractivity contribution in [3.05, 3.63) is 34.8 Å². The molecule has 1 aliphatic rings. The van der Waals surface area contributed by atoms with E-state index in [2.05, 4.69) is 51.2 Å². The SMILES string of the molecule is CN(CC(C)(C)C)C(=O)c1cn2c(nc3cc(CNCC4(C)COC4)ccc32)s1. The minimum absolute atomic E-state index is 0.0536. The highest BCUT2D eigenvalue weighted by molar-refractivity contribution is 7.18. The van der Waals surface area contributed by atoms with Crippen LogP contribution in [0.3, 0.4) is 0 Å². The number of rotatable bonds is 6. The Hall–Kier alpha value is -1.96. The average Bonchev–Trinajstić information content (AvgIpc) is 3.15. The van der Waals surface area contributed by atoms with Crippen molar-refractivity contribution in [2.75, 3.05) is 33.4 Å². The van der Waals surface area contributed by atoms with E-state index in [0.717, 1.165) is 47.2 Å². The molecule has 0 unspecified atom stereocenters. The summed E-state index contributed by atoms with van der Waals surface area (Å²) in [5.74, 6) is 0.0536. The van der Waals surface area contributed by atoms with Crippen LogP contribution in [0.5, 0.6) is 0 Å². The van der Waals surface area contributed by atoms with E-state index < -0.39 is 0 Å². The molecule has 0 atom stereocenters. The Morgan fingerprint density at radius 1 is 1.38 bits per heavy atom. The average molecular weight is 415 g/mol. The van der Waals surface area contributed by atoms with Gasteiger partial charge in [0.05, 0.1) is 24.2 Å². The number of carbonyl (C=O) groups is 1. The maximum Gasteiger partial charge on any atom is 0.265 e. The van der Waals surface area contributed by atoms with Gasteiger partial charge in [-0.25, -0.2) is 4.98 Å². The van der Waals surface area contributed by atoms with Gasteiger partial charge in [0.25, 0.3) is 5.91 Å². The lowest BCUT2D eigenvalue weighted by molar-refractivity contribution is -0.0991. The van der Waals surface area contributed by atoms with Gasteiger partial charge in [0.1, 0.15) is 4.88 Å². The van der Waals surface area contributed by atoms with Gasteiger partial charge in [-0.2, -0.15) is 0 Å². The molecule has 0 saturated carbocycles. The lowest BCUT2D eigenvalue weighted by Gasteiger charge is -2.38. The second-order valence-electron chi connectivity index (χ2n) is 9.81. The molecule has 1 fully saturated rings. The normalized spacial score (nSPS) is 16.3. The number of fused-ring (bicyclic) bond motifs is 3. The molecular formula is C22H30N4O2S. The first-order valence-corrected chi connectivity index (χ1v) is 10.9. The van der Waals surface area contributed by atoms with Crippen LogP contribution < -0.4 is 5.32 Å². The highest BCUT2D eigenvalue weighted by atomic mass is 32.1. The van der Waals surface area contributed by atoms with E-state index >= 15 is 0 Å². The Morgan fingerprint density at radius 2 is 2.14 bits per heavy atom. The smallest absolute Gasteiger partial charge is 0.265 e. The molecule has 0 radical (unpaired) electrons. The van der Waals surface area contributed by atoms with Crippen LogP contribution >= 0.6 is 11.3 Å². The molecule has 1 amide bonds. The van der Waals surface area contributed by atoms with Crippen molar-refractivity contribution in [2.24, 2.45) is 10.8 Å². The quantitative estimate of drug-likeness (QED) is 0.667. The molecule has 1 saturated heterocycles. The number of benzene rings is 1. The number of nitrogens with one attached hydrogen (secondary N) is 1. The van der Waals surface area contributed by atoms with Gasteiger partial charge < -0.3 is 15.0 Å². The van der Waals surface area contributed by atoms with E-state index in [9.17, 15) is 4.79 Å². The Labute approximate surface area is 175 Å². The molecule has 2 aromatic heterocycles. The predicted octanol–water partition coefficient (Wildman–Crippen LogP) is 3.79. The molecular weight excluding hydrogens is 384 g/mol. The number of hydrogen-bond donors (Lipinski definition) is 1. The third-order valence-electron chi connectivity index (χ3n) is 5.22. The summed E-state index contributed by atoms with van der Waals surface area (Å²) in [5.41, 5.74) is 3.56. The van der Waals surface area contributed by atoms with Crippen molar-refractivity contribution in [3.8, 4) is 0 Å². The van der Waals surface area contributed by atoms with Crippen LogP contribution in [0, 0.1) is 10.8 Å². The number of hydrogen-bond acceptors (Lipinski definition) is 5. The van der Waals surface area contributed by atoms with Gasteiger partial charge in [-0.3, -0.25) is 9.20 Å². The highest BCUT2D eigenvalue weighted by Crippen LogP contribution is 2.27. The standard InChI is InChI=1S/C22H30N4O2S/c1-21(2,3)12-25(5)19(27)18-10-26-17-7-6-15(8-16(17)24-20(26)29-18)9-23-11-22(4)13-28-14-22/h6-8,10,23H,9,11-14H2,1-5H3. The first-order chi connectivity index (χ1) is 13.6. The largest absolute Gasteiger partial charge is 0.380 e. The van der Waals surface area contributed by atoms with Crippen LogP contribution in [0.15, 0.2) is 24.4 Å². The second kappa shape index (κ2) is 7.38. The van der Waals surface area contributed by atoms with Crippen LogP contribution in [0.25, 0.3) is 16.0 Å². The lowest BCUT2D eigenvalue weighted by atomic mass is 9.89. The Bertz CT molecular complexity index is 1040. The van der Waals surface area contributed by atoms with Crippen molar-refractivity contribution < 1.29 is 9.53 Å². The Balaban J connectivity index is 1.49. The molecule has 0 aliphatic carbocycles. The van der Waals surface area contributed by atoms with E-state index in [-0.39, 0.29) is 16.7 Å². The van der Waals surface area contributed by atoms with Gasteiger partial charge in [0.15, 0.2) is 4.96 Å². The van der Waals surface area contributed by atoms with Crippen molar-refractivity contribution in [2.45, 2.75) is 34.2 Å². The van der Waals surface area contributed by atoms with Gasteiger partial charge in [-0.1, -0.05) is 45.1 Å². The van der Waals surface area contributed by atoms with Gasteiger partial charge in [-0.15, -0.1) is 0 Å². The van der Waals surface area contributed by atoms with Crippen LogP contribution in [-0.4, -0.2) is 53.5 Å². The van der Waals surface area contributed by atoms with Crippen LogP contribution in [0.2, 0.25) is 0 Å². The number of nitrogens with zero attached hydrogens (tertiary/aromatic N) is 3. The molecule has 3 aromatic rings. The van der Waals surface area contributed by atoms with Crippen LogP contribution in [0.4, 0.5) is 0 Å². The van der Waals surface area contributed by atoms with Gasteiger partial charge in [0.2, 0.25) is 0 Å². The maximum atomic E-state index is 12.8. The third kappa shape index (κ3) is 4.32. The van der Waals surface area contributed by atoms with Crippen molar-refractivity contribution in [1.82, 2.24) is 19.6 Å². The summed E-state index contributed by atoms with van der Waals surface area (Å²) in [6.07, 6.45) is 1.92. The van der Waals surface area contributed by atoms with Crippen molar-refractivity contribution in [3.63, 3.8) is 0 Å². The van der Waals surface area contributed by atoms with E-state index in [1.54, 1.807) is 4.90 Å². The zero-order chi connectivity index (χ0) is 20.8. The maximum absolute atomic E-state index is 12.8. The highest BCUT2D eigenvalue weighted by Gasteiger charge is 2.32. The first kappa shape index (κ1) is 20.3. The summed E-state index contributed by atoms with van der Waals surface area (Å²) in [6, 6.07) is 6.36. The van der Waals surface area contributed by atoms with E-state index in [0.29, 0.717) is 6.54 Å². The summed E-state index contributed by atoms with van der Waals surface area (Å²) in [5, 5.41) is 3.53. The van der Waals surface area contributed by atoms with E-state index in [1.165, 1.54) is 16.9 Å². The number of aromatic nitrogens is 2. The Kier molecular flexibility index (Phi) is 5.17. The summed E-state index contributed by atoms with van der Waals surface area (Å²) in [6.45, 7) is 12.8. The van der Waals surface area contributed by atoms with Crippen molar-refractivity contribution in [1.29, 1.82) is 0 Å². The molecule has 156 valence electrons. The minimum Gasteiger partial charge on any atom is -0.380 e. The van der Waals surface area contributed by atoms with Crippen molar-refractivity contribution >= 4 is 33.2 Å². The molecule has 0 bridgehead atoms. The fraction of sp³-hybridized carbons (Fsp3) is 0.545. The number of thiazole rings is 1.